The van der Waals surface area contributed by atoms with Gasteiger partial charge in [-0.05, 0) is 13.8 Å². The molecule has 1 heterocycles. The average molecular weight is 176 g/mol. The van der Waals surface area contributed by atoms with Crippen molar-refractivity contribution in [2.75, 3.05) is 0 Å². The Bertz CT molecular complexity index is 211. The Kier molecular flexibility index (Phi) is 2.46. The average Bonchev–Trinajstić information content (AvgIpc) is 2.33. The normalized spacial score (nSPS) is 16.4. The highest BCUT2D eigenvalue weighted by Crippen LogP contribution is 2.18. The van der Waals surface area contributed by atoms with Crippen molar-refractivity contribution in [1.29, 1.82) is 0 Å². The highest BCUT2D eigenvalue weighted by atomic mass is 35.5. The predicted molar refractivity (Wildman–Crippen MR) is 41.2 cm³/mol. The van der Waals surface area contributed by atoms with E-state index in [-0.39, 0.29) is 11.4 Å². The van der Waals surface area contributed by atoms with Gasteiger partial charge in [-0.15, -0.1) is 21.8 Å². The van der Waals surface area contributed by atoms with Gasteiger partial charge in [0.1, 0.15) is 5.38 Å². The minimum Gasteiger partial charge on any atom is -0.422 e. The van der Waals surface area contributed by atoms with E-state index in [1.165, 1.54) is 0 Å². The molecule has 0 unspecified atom stereocenters. The van der Waals surface area contributed by atoms with Gasteiger partial charge >= 0.3 is 0 Å². The van der Waals surface area contributed by atoms with E-state index in [1.807, 2.05) is 0 Å². The van der Waals surface area contributed by atoms with Gasteiger partial charge < -0.3 is 10.2 Å². The van der Waals surface area contributed by atoms with Crippen molar-refractivity contribution in [3.05, 3.63) is 11.8 Å². The van der Waals surface area contributed by atoms with Crippen molar-refractivity contribution in [2.24, 2.45) is 5.73 Å². The van der Waals surface area contributed by atoms with Crippen molar-refractivity contribution in [3.8, 4) is 0 Å². The van der Waals surface area contributed by atoms with E-state index in [9.17, 15) is 0 Å². The molecule has 4 nitrogen and oxygen atoms in total. The second kappa shape index (κ2) is 3.19. The van der Waals surface area contributed by atoms with Gasteiger partial charge in [-0.2, -0.15) is 0 Å². The lowest BCUT2D eigenvalue weighted by Crippen LogP contribution is -2.04. The molecule has 0 saturated carbocycles. The Morgan fingerprint density at radius 3 is 2.18 bits per heavy atom. The summed E-state index contributed by atoms with van der Waals surface area (Å²) in [5, 5.41) is 7.16. The van der Waals surface area contributed by atoms with Crippen LogP contribution in [-0.4, -0.2) is 10.2 Å². The molecule has 1 aromatic heterocycles. The highest BCUT2D eigenvalue weighted by molar-refractivity contribution is 6.20. The quantitative estimate of drug-likeness (QED) is 0.690. The summed E-state index contributed by atoms with van der Waals surface area (Å²) in [7, 11) is 0. The van der Waals surface area contributed by atoms with Crippen LogP contribution in [-0.2, 0) is 0 Å². The number of alkyl halides is 1. The summed E-state index contributed by atoms with van der Waals surface area (Å²) < 4.78 is 5.13. The summed E-state index contributed by atoms with van der Waals surface area (Å²) in [5.74, 6) is 0.839. The lowest BCUT2D eigenvalue weighted by Gasteiger charge is -1.95. The third kappa shape index (κ3) is 1.91. The Labute approximate surface area is 69.7 Å². The molecule has 0 spiro atoms. The zero-order valence-corrected chi connectivity index (χ0v) is 7.17. The van der Waals surface area contributed by atoms with Crippen LogP contribution in [0.25, 0.3) is 0 Å². The number of nitrogens with two attached hydrogens (primary N) is 1. The molecule has 0 aliphatic carbocycles. The molecule has 0 fully saturated rings. The minimum atomic E-state index is -0.255. The van der Waals surface area contributed by atoms with Crippen molar-refractivity contribution >= 4 is 11.6 Å². The third-order valence-electron chi connectivity index (χ3n) is 1.19. The predicted octanol–water partition coefficient (Wildman–Crippen LogP) is 1.39. The number of hydrogen-bond acceptors (Lipinski definition) is 4. The summed E-state index contributed by atoms with van der Waals surface area (Å²) in [5.41, 5.74) is 5.49. The molecule has 1 aromatic rings. The first-order chi connectivity index (χ1) is 5.11. The number of aromatic nitrogens is 2. The van der Waals surface area contributed by atoms with Crippen LogP contribution in [0.3, 0.4) is 0 Å². The zero-order chi connectivity index (χ0) is 8.43. The van der Waals surface area contributed by atoms with E-state index < -0.39 is 0 Å². The van der Waals surface area contributed by atoms with Crippen LogP contribution in [0, 0.1) is 0 Å². The Morgan fingerprint density at radius 1 is 1.36 bits per heavy atom. The van der Waals surface area contributed by atoms with Crippen LogP contribution >= 0.6 is 11.6 Å². The van der Waals surface area contributed by atoms with Crippen LogP contribution in [0.4, 0.5) is 0 Å². The summed E-state index contributed by atoms with van der Waals surface area (Å²) in [6.07, 6.45) is 0. The van der Waals surface area contributed by atoms with Gasteiger partial charge in [0.2, 0.25) is 11.8 Å². The number of hydrogen-bond donors (Lipinski definition) is 1. The SMILES string of the molecule is C[C@H](N)c1nnc([C@H](C)Cl)o1. The molecular formula is C6H10ClN3O. The standard InChI is InChI=1S/C6H10ClN3O/c1-3(7)5-9-10-6(11-5)4(2)8/h3-4H,8H2,1-2H3/t3-,4-/m0/s1. The molecule has 0 aliphatic rings. The van der Waals surface area contributed by atoms with Gasteiger partial charge in [0, 0.05) is 0 Å². The molecule has 5 heteroatoms. The van der Waals surface area contributed by atoms with Crippen LogP contribution < -0.4 is 5.73 Å². The Morgan fingerprint density at radius 2 is 1.91 bits per heavy atom. The van der Waals surface area contributed by atoms with Gasteiger partial charge in [-0.1, -0.05) is 0 Å². The van der Waals surface area contributed by atoms with E-state index in [4.69, 9.17) is 21.8 Å². The number of halogens is 1. The molecule has 0 bridgehead atoms. The Balaban J connectivity index is 2.82. The molecule has 2 atom stereocenters. The van der Waals surface area contributed by atoms with E-state index in [0.717, 1.165) is 0 Å². The van der Waals surface area contributed by atoms with E-state index in [1.54, 1.807) is 13.8 Å². The molecule has 0 amide bonds. The fourth-order valence-electron chi connectivity index (χ4n) is 0.591. The number of nitrogens with zero attached hydrogens (tertiary/aromatic N) is 2. The Hall–Kier alpha value is -0.610. The highest BCUT2D eigenvalue weighted by Gasteiger charge is 2.12. The van der Waals surface area contributed by atoms with Crippen molar-refractivity contribution in [2.45, 2.75) is 25.3 Å². The molecule has 62 valence electrons. The molecule has 11 heavy (non-hydrogen) atoms. The molecular weight excluding hydrogens is 166 g/mol. The van der Waals surface area contributed by atoms with E-state index in [2.05, 4.69) is 10.2 Å². The molecule has 0 aliphatic heterocycles. The summed E-state index contributed by atoms with van der Waals surface area (Å²) >= 11 is 5.68. The first-order valence-corrected chi connectivity index (χ1v) is 3.78. The second-order valence-electron chi connectivity index (χ2n) is 2.38. The fraction of sp³-hybridized carbons (Fsp3) is 0.667. The second-order valence-corrected chi connectivity index (χ2v) is 3.04. The topological polar surface area (TPSA) is 64.9 Å². The van der Waals surface area contributed by atoms with E-state index >= 15 is 0 Å². The smallest absolute Gasteiger partial charge is 0.234 e. The molecule has 1 rings (SSSR count). The largest absolute Gasteiger partial charge is 0.422 e. The van der Waals surface area contributed by atoms with Crippen molar-refractivity contribution in [3.63, 3.8) is 0 Å². The number of rotatable bonds is 2. The lowest BCUT2D eigenvalue weighted by molar-refractivity contribution is 0.427. The molecule has 0 radical (unpaired) electrons. The first kappa shape index (κ1) is 8.49. The van der Waals surface area contributed by atoms with Gasteiger partial charge in [0.05, 0.1) is 6.04 Å². The monoisotopic (exact) mass is 175 g/mol. The third-order valence-corrected chi connectivity index (χ3v) is 1.37. The van der Waals surface area contributed by atoms with Crippen molar-refractivity contribution in [1.82, 2.24) is 10.2 Å². The van der Waals surface area contributed by atoms with Crippen LogP contribution in [0.1, 0.15) is 37.0 Å². The maximum atomic E-state index is 5.68. The minimum absolute atomic E-state index is 0.230. The summed E-state index contributed by atoms with van der Waals surface area (Å²) in [6, 6.07) is -0.230. The zero-order valence-electron chi connectivity index (χ0n) is 6.41. The lowest BCUT2D eigenvalue weighted by atomic mass is 10.4. The van der Waals surface area contributed by atoms with Gasteiger partial charge in [0.15, 0.2) is 0 Å². The van der Waals surface area contributed by atoms with Gasteiger partial charge in [-0.25, -0.2) is 0 Å². The van der Waals surface area contributed by atoms with Gasteiger partial charge in [0.25, 0.3) is 0 Å². The van der Waals surface area contributed by atoms with Gasteiger partial charge in [-0.3, -0.25) is 0 Å². The van der Waals surface area contributed by atoms with E-state index in [0.29, 0.717) is 11.8 Å². The molecule has 0 saturated heterocycles. The first-order valence-electron chi connectivity index (χ1n) is 3.34. The van der Waals surface area contributed by atoms with Crippen LogP contribution in [0.15, 0.2) is 4.42 Å². The maximum absolute atomic E-state index is 5.68. The molecule has 2 N–H and O–H groups in total. The summed E-state index contributed by atoms with van der Waals surface area (Å²) in [4.78, 5) is 0. The van der Waals surface area contributed by atoms with Crippen LogP contribution in [0.5, 0.6) is 0 Å². The maximum Gasteiger partial charge on any atom is 0.234 e. The molecule has 0 aromatic carbocycles. The van der Waals surface area contributed by atoms with Crippen LogP contribution in [0.2, 0.25) is 0 Å². The fourth-order valence-corrected chi connectivity index (χ4v) is 0.679. The van der Waals surface area contributed by atoms with Crippen molar-refractivity contribution < 1.29 is 4.42 Å². The summed E-state index contributed by atoms with van der Waals surface area (Å²) in [6.45, 7) is 3.54.